The van der Waals surface area contributed by atoms with Gasteiger partial charge in [-0.25, -0.2) is 4.85 Å². The number of amides is 1. The number of nitrogens with zero attached hydrogens (tertiary/aromatic N) is 2. The van der Waals surface area contributed by atoms with Gasteiger partial charge in [-0.15, -0.1) is 11.8 Å². The molecule has 0 aromatic heterocycles. The van der Waals surface area contributed by atoms with Gasteiger partial charge in [-0.05, 0) is 19.1 Å². The molecule has 0 saturated carbocycles. The van der Waals surface area contributed by atoms with Crippen LogP contribution in [0.25, 0.3) is 4.85 Å². The Morgan fingerprint density at radius 1 is 1.20 bits per heavy atom. The van der Waals surface area contributed by atoms with E-state index in [2.05, 4.69) is 20.7 Å². The van der Waals surface area contributed by atoms with Gasteiger partial charge in [-0.2, -0.15) is 31.4 Å². The van der Waals surface area contributed by atoms with Crippen LogP contribution in [-0.2, 0) is 11.0 Å². The minimum atomic E-state index is -4.85. The second-order valence-corrected chi connectivity index (χ2v) is 9.69. The lowest BCUT2D eigenvalue weighted by atomic mass is 9.95. The van der Waals surface area contributed by atoms with E-state index in [1.165, 1.54) is 6.92 Å². The van der Waals surface area contributed by atoms with Crippen molar-refractivity contribution in [2.75, 3.05) is 5.32 Å². The molecule has 1 amide bonds. The molecule has 0 radical (unpaired) electrons. The molecular formula is C18H18F6N4OS. The van der Waals surface area contributed by atoms with Gasteiger partial charge < -0.3 is 5.32 Å². The number of thioether (sulfide) groups is 1. The Kier molecular flexibility index (Phi) is 6.11. The summed E-state index contributed by atoms with van der Waals surface area (Å²) in [5.74, 6) is -0.982. The highest BCUT2D eigenvalue weighted by Crippen LogP contribution is 2.45. The maximum Gasteiger partial charge on any atom is 0.431 e. The summed E-state index contributed by atoms with van der Waals surface area (Å²) < 4.78 is 78.2. The van der Waals surface area contributed by atoms with E-state index in [1.807, 2.05) is 0 Å². The number of benzene rings is 1. The first-order valence-corrected chi connectivity index (χ1v) is 9.32. The molecule has 2 N–H and O–H groups in total. The molecule has 1 aliphatic rings. The number of anilines is 1. The zero-order chi connectivity index (χ0) is 23.1. The number of hydrogen-bond donors (Lipinski definition) is 2. The Hall–Kier alpha value is -2.42. The average Bonchev–Trinajstić information content (AvgIpc) is 2.97. The van der Waals surface area contributed by atoms with Crippen LogP contribution in [0.2, 0.25) is 0 Å². The van der Waals surface area contributed by atoms with E-state index < -0.39 is 51.9 Å². The Labute approximate surface area is 173 Å². The fourth-order valence-electron chi connectivity index (χ4n) is 2.56. The smallest absolute Gasteiger partial charge is 0.323 e. The van der Waals surface area contributed by atoms with E-state index in [4.69, 9.17) is 6.57 Å². The van der Waals surface area contributed by atoms with Gasteiger partial charge in [0.25, 0.3) is 5.91 Å². The summed E-state index contributed by atoms with van der Waals surface area (Å²) in [5.41, 5.74) is -3.00. The van der Waals surface area contributed by atoms with Crippen LogP contribution in [0.15, 0.2) is 22.1 Å². The molecule has 0 aliphatic carbocycles. The van der Waals surface area contributed by atoms with Crippen LogP contribution in [0.1, 0.15) is 39.7 Å². The predicted octanol–water partition coefficient (Wildman–Crippen LogP) is 5.76. The molecule has 164 valence electrons. The molecule has 1 aliphatic heterocycles. The highest BCUT2D eigenvalue weighted by molar-refractivity contribution is 8.00. The summed E-state index contributed by atoms with van der Waals surface area (Å²) in [6.45, 7) is 13.6. The predicted molar refractivity (Wildman–Crippen MR) is 102 cm³/mol. The molecule has 1 unspecified atom stereocenters. The van der Waals surface area contributed by atoms with Crippen molar-refractivity contribution in [1.29, 1.82) is 0 Å². The molecule has 1 atom stereocenters. The normalized spacial score (nSPS) is 19.7. The molecule has 12 heteroatoms. The second kappa shape index (κ2) is 7.68. The number of hydrogen-bond acceptors (Lipinski definition) is 4. The van der Waals surface area contributed by atoms with Crippen molar-refractivity contribution in [3.63, 3.8) is 0 Å². The summed E-state index contributed by atoms with van der Waals surface area (Å²) in [6, 6.07) is 1.65. The molecule has 0 spiro atoms. The number of nitrogens with one attached hydrogen (secondary N) is 2. The molecule has 5 nitrogen and oxygen atoms in total. The number of halogens is 6. The lowest BCUT2D eigenvalue weighted by Gasteiger charge is -2.26. The third-order valence-electron chi connectivity index (χ3n) is 3.98. The average molecular weight is 452 g/mol. The fraction of sp³-hybridized carbons (Fsp3) is 0.500. The fourth-order valence-corrected chi connectivity index (χ4v) is 3.61. The number of carbonyl (C=O) groups is 1. The van der Waals surface area contributed by atoms with Crippen LogP contribution < -0.4 is 10.7 Å². The molecule has 0 saturated heterocycles. The first-order valence-electron chi connectivity index (χ1n) is 8.50. The van der Waals surface area contributed by atoms with E-state index in [-0.39, 0.29) is 10.6 Å². The zero-order valence-electron chi connectivity index (χ0n) is 16.3. The van der Waals surface area contributed by atoms with Crippen LogP contribution in [0.5, 0.6) is 0 Å². The standard InChI is InChI=1S/C18H18F6N4OS/c1-15(2,3)30-12-7-10(25-5)9(17(19,20)21)6-11(12)26-14(29)16(4)8-13(27-28-16)18(22,23)24/h6-7,28H,8H2,1-4H3,(H,26,29). The topological polar surface area (TPSA) is 57.9 Å². The van der Waals surface area contributed by atoms with Gasteiger partial charge in [0.05, 0.1) is 17.8 Å². The maximum absolute atomic E-state index is 13.4. The maximum atomic E-state index is 13.4. The van der Waals surface area contributed by atoms with Gasteiger partial charge in [-0.1, -0.05) is 20.8 Å². The minimum Gasteiger partial charge on any atom is -0.323 e. The van der Waals surface area contributed by atoms with Gasteiger partial charge in [0.15, 0.2) is 0 Å². The minimum absolute atomic E-state index is 0.188. The molecule has 30 heavy (non-hydrogen) atoms. The Balaban J connectivity index is 2.44. The van der Waals surface area contributed by atoms with Gasteiger partial charge in [-0.3, -0.25) is 10.2 Å². The summed E-state index contributed by atoms with van der Waals surface area (Å²) in [4.78, 5) is 15.8. The Morgan fingerprint density at radius 3 is 2.23 bits per heavy atom. The monoisotopic (exact) mass is 452 g/mol. The van der Waals surface area contributed by atoms with E-state index in [1.54, 1.807) is 20.8 Å². The van der Waals surface area contributed by atoms with Gasteiger partial charge in [0, 0.05) is 16.1 Å². The van der Waals surface area contributed by atoms with E-state index >= 15 is 0 Å². The van der Waals surface area contributed by atoms with E-state index in [0.29, 0.717) is 6.07 Å². The Bertz CT molecular complexity index is 927. The summed E-state index contributed by atoms with van der Waals surface area (Å²) in [5, 5.41) is 5.43. The third kappa shape index (κ3) is 5.38. The van der Waals surface area contributed by atoms with E-state index in [9.17, 15) is 31.1 Å². The molecule has 2 rings (SSSR count). The lowest BCUT2D eigenvalue weighted by molar-refractivity contribution is -0.137. The van der Waals surface area contributed by atoms with Gasteiger partial charge in [0.1, 0.15) is 11.3 Å². The van der Waals surface area contributed by atoms with Crippen molar-refractivity contribution in [3.05, 3.63) is 29.1 Å². The van der Waals surface area contributed by atoms with Crippen LogP contribution in [-0.4, -0.2) is 28.1 Å². The van der Waals surface area contributed by atoms with Crippen LogP contribution in [0.3, 0.4) is 0 Å². The first kappa shape index (κ1) is 23.9. The van der Waals surface area contributed by atoms with E-state index in [0.717, 1.165) is 17.8 Å². The van der Waals surface area contributed by atoms with Crippen molar-refractivity contribution >= 4 is 34.8 Å². The van der Waals surface area contributed by atoms with Crippen molar-refractivity contribution < 1.29 is 31.1 Å². The van der Waals surface area contributed by atoms with Crippen molar-refractivity contribution in [3.8, 4) is 0 Å². The zero-order valence-corrected chi connectivity index (χ0v) is 17.2. The van der Waals surface area contributed by atoms with Crippen LogP contribution >= 0.6 is 11.8 Å². The highest BCUT2D eigenvalue weighted by Gasteiger charge is 2.48. The lowest BCUT2D eigenvalue weighted by Crippen LogP contribution is -2.48. The summed E-state index contributed by atoms with van der Waals surface area (Å²) in [6.07, 6.45) is -10.4. The molecular weight excluding hydrogens is 434 g/mol. The molecule has 0 fully saturated rings. The SMILES string of the molecule is [C-]#[N+]c1cc(SC(C)(C)C)c(NC(=O)C2(C)CC(C(F)(F)F)=NN2)cc1C(F)(F)F. The van der Waals surface area contributed by atoms with Gasteiger partial charge in [0.2, 0.25) is 5.69 Å². The summed E-state index contributed by atoms with van der Waals surface area (Å²) in [7, 11) is 0. The molecule has 1 heterocycles. The molecule has 0 bridgehead atoms. The summed E-state index contributed by atoms with van der Waals surface area (Å²) >= 11 is 1.11. The molecule has 1 aromatic rings. The number of alkyl halides is 6. The number of rotatable bonds is 3. The number of carbonyl (C=O) groups excluding carboxylic acids is 1. The van der Waals surface area contributed by atoms with Crippen molar-refractivity contribution in [2.24, 2.45) is 5.10 Å². The van der Waals surface area contributed by atoms with Crippen molar-refractivity contribution in [1.82, 2.24) is 5.43 Å². The largest absolute Gasteiger partial charge is 0.431 e. The number of hydrazone groups is 1. The highest BCUT2D eigenvalue weighted by atomic mass is 32.2. The van der Waals surface area contributed by atoms with Gasteiger partial charge >= 0.3 is 12.4 Å². The first-order chi connectivity index (χ1) is 13.5. The van der Waals surface area contributed by atoms with Crippen molar-refractivity contribution in [2.45, 2.75) is 61.6 Å². The Morgan fingerprint density at radius 2 is 1.80 bits per heavy atom. The second-order valence-electron chi connectivity index (χ2n) is 7.82. The quantitative estimate of drug-likeness (QED) is 0.349. The van der Waals surface area contributed by atoms with Crippen LogP contribution in [0.4, 0.5) is 37.7 Å². The van der Waals surface area contributed by atoms with Crippen LogP contribution in [0, 0.1) is 6.57 Å². The third-order valence-corrected chi connectivity index (χ3v) is 5.15. The molecule has 1 aromatic carbocycles.